The van der Waals surface area contributed by atoms with Gasteiger partial charge in [0.15, 0.2) is 0 Å². The van der Waals surface area contributed by atoms with Crippen LogP contribution >= 0.6 is 22.7 Å². The number of carbonyl (C=O) groups excluding carboxylic acids is 2. The van der Waals surface area contributed by atoms with E-state index in [9.17, 15) is 9.59 Å². The van der Waals surface area contributed by atoms with Crippen LogP contribution in [0.25, 0.3) is 31.9 Å². The van der Waals surface area contributed by atoms with Gasteiger partial charge in [0.2, 0.25) is 0 Å². The van der Waals surface area contributed by atoms with Gasteiger partial charge < -0.3 is 9.64 Å². The van der Waals surface area contributed by atoms with E-state index in [0.29, 0.717) is 31.7 Å². The molecule has 41 heavy (non-hydrogen) atoms. The third-order valence-corrected chi connectivity index (χ3v) is 9.85. The number of ketones is 1. The summed E-state index contributed by atoms with van der Waals surface area (Å²) in [7, 11) is 0. The van der Waals surface area contributed by atoms with Crippen molar-refractivity contribution in [2.75, 3.05) is 6.54 Å². The van der Waals surface area contributed by atoms with Gasteiger partial charge in [0.05, 0.1) is 16.3 Å². The molecule has 0 saturated carbocycles. The Labute approximate surface area is 250 Å². The zero-order chi connectivity index (χ0) is 29.3. The molecule has 4 heterocycles. The molecular weight excluding hydrogens is 551 g/mol. The highest BCUT2D eigenvalue weighted by atomic mass is 32.1. The van der Waals surface area contributed by atoms with Crippen molar-refractivity contribution < 1.29 is 14.3 Å². The number of hydrogen-bond donors (Lipinski definition) is 0. The molecule has 0 radical (unpaired) electrons. The molecule has 0 fully saturated rings. The second-order valence-electron chi connectivity index (χ2n) is 12.3. The summed E-state index contributed by atoms with van der Waals surface area (Å²) in [5, 5.41) is 0.951. The van der Waals surface area contributed by atoms with Crippen molar-refractivity contribution in [3.05, 3.63) is 58.0 Å². The number of benzene rings is 1. The Morgan fingerprint density at radius 1 is 1.10 bits per heavy atom. The maximum atomic E-state index is 13.2. The maximum Gasteiger partial charge on any atom is 0.410 e. The van der Waals surface area contributed by atoms with Crippen molar-refractivity contribution in [3.8, 4) is 21.7 Å². The quantitative estimate of drug-likeness (QED) is 0.205. The molecule has 0 saturated heterocycles. The topological polar surface area (TPSA) is 72.4 Å². The Morgan fingerprint density at radius 3 is 2.56 bits per heavy atom. The molecule has 0 unspecified atom stereocenters. The van der Waals surface area contributed by atoms with E-state index in [1.807, 2.05) is 37.8 Å². The molecule has 216 valence electrons. The van der Waals surface area contributed by atoms with Crippen LogP contribution in [0.1, 0.15) is 82.2 Å². The van der Waals surface area contributed by atoms with Crippen molar-refractivity contribution in [1.82, 2.24) is 14.9 Å². The van der Waals surface area contributed by atoms with Crippen LogP contribution in [0.4, 0.5) is 4.79 Å². The summed E-state index contributed by atoms with van der Waals surface area (Å²) in [5.74, 6) is 0.857. The van der Waals surface area contributed by atoms with Crippen LogP contribution in [0.5, 0.6) is 0 Å². The molecule has 1 aromatic carbocycles. The van der Waals surface area contributed by atoms with E-state index in [-0.39, 0.29) is 17.9 Å². The molecule has 8 heteroatoms. The fraction of sp³-hybridized carbons (Fsp3) is 0.455. The van der Waals surface area contributed by atoms with Gasteiger partial charge in [-0.1, -0.05) is 26.3 Å². The number of thiophene rings is 1. The fourth-order valence-electron chi connectivity index (χ4n) is 5.37. The van der Waals surface area contributed by atoms with Gasteiger partial charge in [-0.15, -0.1) is 22.7 Å². The van der Waals surface area contributed by atoms with Crippen LogP contribution in [0.3, 0.4) is 0 Å². The lowest BCUT2D eigenvalue weighted by molar-refractivity contribution is -0.118. The van der Waals surface area contributed by atoms with Crippen molar-refractivity contribution in [2.45, 2.75) is 85.3 Å². The van der Waals surface area contributed by atoms with Gasteiger partial charge in [-0.3, -0.25) is 9.78 Å². The third-order valence-electron chi connectivity index (χ3n) is 7.40. The number of carbonyl (C=O) groups is 2. The molecule has 1 amide bonds. The molecule has 1 atom stereocenters. The predicted octanol–water partition coefficient (Wildman–Crippen LogP) is 8.88. The predicted molar refractivity (Wildman–Crippen MR) is 169 cm³/mol. The monoisotopic (exact) mass is 589 g/mol. The second-order valence-corrected chi connectivity index (χ2v) is 14.4. The highest BCUT2D eigenvalue weighted by Crippen LogP contribution is 2.46. The lowest BCUT2D eigenvalue weighted by Gasteiger charge is -2.35. The number of aromatic nitrogens is 2. The fourth-order valence-corrected chi connectivity index (χ4v) is 7.92. The van der Waals surface area contributed by atoms with Gasteiger partial charge in [-0.05, 0) is 87.4 Å². The van der Waals surface area contributed by atoms with E-state index in [1.54, 1.807) is 35.1 Å². The number of rotatable bonds is 8. The van der Waals surface area contributed by atoms with Crippen molar-refractivity contribution in [2.24, 2.45) is 5.92 Å². The van der Waals surface area contributed by atoms with Gasteiger partial charge >= 0.3 is 6.09 Å². The number of thiazole rings is 1. The Bertz CT molecular complexity index is 1550. The minimum absolute atomic E-state index is 0.130. The molecule has 1 aliphatic heterocycles. The largest absolute Gasteiger partial charge is 0.444 e. The summed E-state index contributed by atoms with van der Waals surface area (Å²) >= 11 is 3.35. The number of Topliss-reactive ketones (excluding diaryl/α,β-unsaturated/α-hetero) is 1. The second kappa shape index (κ2) is 12.0. The van der Waals surface area contributed by atoms with E-state index in [1.165, 1.54) is 5.56 Å². The van der Waals surface area contributed by atoms with E-state index >= 15 is 0 Å². The molecule has 3 aromatic heterocycles. The summed E-state index contributed by atoms with van der Waals surface area (Å²) < 4.78 is 6.84. The first kappa shape index (κ1) is 29.4. The molecule has 0 bridgehead atoms. The van der Waals surface area contributed by atoms with Crippen LogP contribution in [0.2, 0.25) is 0 Å². The first-order chi connectivity index (χ1) is 19.5. The molecular formula is C33H39N3O3S2. The summed E-state index contributed by atoms with van der Waals surface area (Å²) in [6, 6.07) is 10.3. The average Bonchev–Trinajstić information content (AvgIpc) is 3.48. The van der Waals surface area contributed by atoms with Gasteiger partial charge in [0.25, 0.3) is 0 Å². The molecule has 0 N–H and O–H groups in total. The number of amides is 1. The minimum Gasteiger partial charge on any atom is -0.444 e. The number of pyridine rings is 1. The van der Waals surface area contributed by atoms with Gasteiger partial charge in [0.1, 0.15) is 16.4 Å². The van der Waals surface area contributed by atoms with Crippen LogP contribution < -0.4 is 0 Å². The minimum atomic E-state index is -0.554. The molecule has 0 spiro atoms. The van der Waals surface area contributed by atoms with Crippen LogP contribution in [-0.2, 0) is 22.4 Å². The Balaban J connectivity index is 1.52. The summed E-state index contributed by atoms with van der Waals surface area (Å²) in [6.45, 7) is 12.7. The van der Waals surface area contributed by atoms with E-state index in [0.717, 1.165) is 54.5 Å². The zero-order valence-electron chi connectivity index (χ0n) is 24.8. The van der Waals surface area contributed by atoms with Crippen LogP contribution in [0, 0.1) is 5.92 Å². The first-order valence-corrected chi connectivity index (χ1v) is 16.1. The van der Waals surface area contributed by atoms with Gasteiger partial charge in [0, 0.05) is 47.1 Å². The molecule has 0 aliphatic carbocycles. The number of hydrogen-bond acceptors (Lipinski definition) is 7. The lowest BCUT2D eigenvalue weighted by Crippen LogP contribution is -2.41. The normalized spacial score (nSPS) is 15.4. The molecule has 6 nitrogen and oxygen atoms in total. The van der Waals surface area contributed by atoms with Crippen LogP contribution in [-0.4, -0.2) is 38.9 Å². The first-order valence-electron chi connectivity index (χ1n) is 14.5. The number of fused-ring (bicyclic) bond motifs is 2. The Kier molecular flexibility index (Phi) is 8.62. The maximum absolute atomic E-state index is 13.2. The molecule has 5 rings (SSSR count). The summed E-state index contributed by atoms with van der Waals surface area (Å²) in [4.78, 5) is 39.5. The van der Waals surface area contributed by atoms with Crippen molar-refractivity contribution in [3.63, 3.8) is 0 Å². The van der Waals surface area contributed by atoms with E-state index < -0.39 is 5.60 Å². The standard InChI is InChI=1S/C33H39N3O3S2/c1-20(2)8-7-9-24(37)19-28-29(25-14-17-36(21(3)30(25)40-28)32(38)39-33(4,5)6)31-35-26-18-23(10-11-27(26)41-31)22-12-15-34-16-13-22/h10-13,15-16,18,20-21H,7-9,14,17,19H2,1-6H3/t21-/m1/s1. The highest BCUT2D eigenvalue weighted by Gasteiger charge is 2.36. The highest BCUT2D eigenvalue weighted by molar-refractivity contribution is 7.22. The van der Waals surface area contributed by atoms with Crippen molar-refractivity contribution >= 4 is 44.8 Å². The van der Waals surface area contributed by atoms with Gasteiger partial charge in [-0.2, -0.15) is 0 Å². The Hall–Kier alpha value is -3.10. The van der Waals surface area contributed by atoms with Gasteiger partial charge in [-0.25, -0.2) is 9.78 Å². The smallest absolute Gasteiger partial charge is 0.410 e. The number of ether oxygens (including phenoxy) is 1. The van der Waals surface area contributed by atoms with E-state index in [2.05, 4.69) is 44.0 Å². The SMILES string of the molecule is CC(C)CCCC(=O)Cc1sc2c(c1-c1nc3cc(-c4ccncc4)ccc3s1)CCN(C(=O)OC(C)(C)C)[C@@H]2C. The lowest BCUT2D eigenvalue weighted by atomic mass is 9.96. The zero-order valence-corrected chi connectivity index (χ0v) is 26.5. The van der Waals surface area contributed by atoms with E-state index in [4.69, 9.17) is 9.72 Å². The summed E-state index contributed by atoms with van der Waals surface area (Å²) in [5.41, 5.74) is 4.93. The Morgan fingerprint density at radius 2 is 1.85 bits per heavy atom. The summed E-state index contributed by atoms with van der Waals surface area (Å²) in [6.07, 6.45) is 6.99. The van der Waals surface area contributed by atoms with Crippen LogP contribution in [0.15, 0.2) is 42.7 Å². The average molecular weight is 590 g/mol. The van der Waals surface area contributed by atoms with Crippen molar-refractivity contribution in [1.29, 1.82) is 0 Å². The molecule has 4 aromatic rings. The molecule has 1 aliphatic rings. The number of nitrogens with zero attached hydrogens (tertiary/aromatic N) is 3. The third kappa shape index (κ3) is 6.70.